The van der Waals surface area contributed by atoms with Gasteiger partial charge in [-0.3, -0.25) is 9.12 Å². The highest BCUT2D eigenvalue weighted by Crippen LogP contribution is 2.26. The average Bonchev–Trinajstić information content (AvgIpc) is 2.96. The summed E-state index contributed by atoms with van der Waals surface area (Å²) in [5.41, 5.74) is 2.98. The van der Waals surface area contributed by atoms with Crippen LogP contribution in [0.1, 0.15) is 13.8 Å². The number of imidazole rings is 1. The number of sulfonamides is 1. The quantitative estimate of drug-likeness (QED) is 0.706. The minimum atomic E-state index is -3.32. The first-order valence-corrected chi connectivity index (χ1v) is 9.87. The maximum atomic E-state index is 11.4. The summed E-state index contributed by atoms with van der Waals surface area (Å²) >= 11 is 0. The number of nitrogens with zero attached hydrogens (tertiary/aromatic N) is 3. The van der Waals surface area contributed by atoms with Gasteiger partial charge in [-0.25, -0.2) is 18.4 Å². The van der Waals surface area contributed by atoms with Crippen LogP contribution in [0.2, 0.25) is 0 Å². The van der Waals surface area contributed by atoms with Crippen LogP contribution in [0.4, 0.5) is 11.5 Å². The van der Waals surface area contributed by atoms with Crippen molar-refractivity contribution >= 4 is 27.2 Å². The number of rotatable bonds is 6. The molecule has 25 heavy (non-hydrogen) atoms. The van der Waals surface area contributed by atoms with Crippen molar-refractivity contribution in [2.24, 2.45) is 5.92 Å². The molecule has 8 heteroatoms. The number of fused-ring (bicyclic) bond motifs is 1. The number of hydrogen-bond donors (Lipinski definition) is 2. The number of aromatic nitrogens is 3. The molecule has 0 aliphatic carbocycles. The Balaban J connectivity index is 2.00. The van der Waals surface area contributed by atoms with Crippen molar-refractivity contribution in [3.8, 4) is 11.3 Å². The summed E-state index contributed by atoms with van der Waals surface area (Å²) in [4.78, 5) is 8.84. The van der Waals surface area contributed by atoms with Gasteiger partial charge in [-0.15, -0.1) is 0 Å². The Hall–Kier alpha value is -2.61. The molecule has 1 aromatic carbocycles. The second-order valence-corrected chi connectivity index (χ2v) is 8.09. The predicted octanol–water partition coefficient (Wildman–Crippen LogP) is 2.84. The summed E-state index contributed by atoms with van der Waals surface area (Å²) in [7, 11) is -3.32. The molecule has 0 fully saturated rings. The van der Waals surface area contributed by atoms with Gasteiger partial charge in [0.2, 0.25) is 10.0 Å². The van der Waals surface area contributed by atoms with Gasteiger partial charge in [-0.2, -0.15) is 0 Å². The van der Waals surface area contributed by atoms with E-state index in [0.29, 0.717) is 11.6 Å². The number of benzene rings is 1. The zero-order chi connectivity index (χ0) is 18.0. The predicted molar refractivity (Wildman–Crippen MR) is 100 cm³/mol. The summed E-state index contributed by atoms with van der Waals surface area (Å²) in [6.45, 7) is 5.07. The van der Waals surface area contributed by atoms with Crippen molar-refractivity contribution < 1.29 is 8.42 Å². The topological polar surface area (TPSA) is 88.4 Å². The highest BCUT2D eigenvalue weighted by Gasteiger charge is 2.11. The molecule has 3 aromatic rings. The summed E-state index contributed by atoms with van der Waals surface area (Å²) in [5, 5.41) is 3.31. The van der Waals surface area contributed by atoms with Gasteiger partial charge in [-0.1, -0.05) is 26.0 Å². The summed E-state index contributed by atoms with van der Waals surface area (Å²) in [5.74, 6) is 1.23. The molecular weight excluding hydrogens is 338 g/mol. The standard InChI is InChI=1S/C17H21N5O2S/c1-12(2)10-19-16-17-20-11-15(22(17)8-7-18-16)13-5-4-6-14(9-13)21-25(3,23)24/h4-9,11-12,21H,10H2,1-3H3,(H,18,19). The molecule has 0 saturated carbocycles. The third kappa shape index (κ3) is 4.08. The Kier molecular flexibility index (Phi) is 4.63. The van der Waals surface area contributed by atoms with Crippen LogP contribution in [-0.4, -0.2) is 35.6 Å². The van der Waals surface area contributed by atoms with Crippen molar-refractivity contribution in [2.45, 2.75) is 13.8 Å². The molecule has 2 aromatic heterocycles. The fraction of sp³-hybridized carbons (Fsp3) is 0.294. The van der Waals surface area contributed by atoms with Crippen LogP contribution in [0, 0.1) is 5.92 Å². The second kappa shape index (κ2) is 6.72. The van der Waals surface area contributed by atoms with E-state index in [1.54, 1.807) is 30.6 Å². The lowest BCUT2D eigenvalue weighted by Crippen LogP contribution is -2.10. The molecule has 0 aliphatic heterocycles. The molecule has 132 valence electrons. The van der Waals surface area contributed by atoms with E-state index in [1.165, 1.54) is 0 Å². The molecule has 7 nitrogen and oxygen atoms in total. The second-order valence-electron chi connectivity index (χ2n) is 6.34. The van der Waals surface area contributed by atoms with Crippen molar-refractivity contribution in [1.29, 1.82) is 0 Å². The van der Waals surface area contributed by atoms with Crippen LogP contribution in [0.25, 0.3) is 16.9 Å². The molecule has 0 amide bonds. The van der Waals surface area contributed by atoms with Gasteiger partial charge in [-0.05, 0) is 18.1 Å². The Morgan fingerprint density at radius 3 is 2.76 bits per heavy atom. The SMILES string of the molecule is CC(C)CNc1nccn2c(-c3cccc(NS(C)(=O)=O)c3)cnc12. The van der Waals surface area contributed by atoms with Crippen LogP contribution in [-0.2, 0) is 10.0 Å². The van der Waals surface area contributed by atoms with E-state index in [-0.39, 0.29) is 0 Å². The molecule has 0 bridgehead atoms. The van der Waals surface area contributed by atoms with Gasteiger partial charge in [0.1, 0.15) is 0 Å². The molecule has 0 aliphatic rings. The normalized spacial score (nSPS) is 11.8. The van der Waals surface area contributed by atoms with E-state index in [0.717, 1.165) is 35.5 Å². The van der Waals surface area contributed by atoms with E-state index in [4.69, 9.17) is 0 Å². The highest BCUT2D eigenvalue weighted by atomic mass is 32.2. The highest BCUT2D eigenvalue weighted by molar-refractivity contribution is 7.92. The monoisotopic (exact) mass is 359 g/mol. The minimum absolute atomic E-state index is 0.496. The number of hydrogen-bond acceptors (Lipinski definition) is 5. The Labute approximate surface area is 147 Å². The Bertz CT molecular complexity index is 995. The van der Waals surface area contributed by atoms with E-state index in [1.807, 2.05) is 16.7 Å². The van der Waals surface area contributed by atoms with Crippen molar-refractivity contribution in [3.63, 3.8) is 0 Å². The van der Waals surface area contributed by atoms with Crippen LogP contribution in [0.15, 0.2) is 42.9 Å². The third-order valence-electron chi connectivity index (χ3n) is 3.57. The fourth-order valence-corrected chi connectivity index (χ4v) is 3.07. The molecule has 2 N–H and O–H groups in total. The molecule has 0 atom stereocenters. The van der Waals surface area contributed by atoms with Gasteiger partial charge in [0.15, 0.2) is 11.5 Å². The largest absolute Gasteiger partial charge is 0.367 e. The maximum absolute atomic E-state index is 11.4. The molecular formula is C17H21N5O2S. The van der Waals surface area contributed by atoms with Crippen molar-refractivity contribution in [2.75, 3.05) is 22.8 Å². The average molecular weight is 359 g/mol. The van der Waals surface area contributed by atoms with E-state index in [2.05, 4.69) is 33.9 Å². The first kappa shape index (κ1) is 17.2. The molecule has 0 saturated heterocycles. The third-order valence-corrected chi connectivity index (χ3v) is 4.17. The smallest absolute Gasteiger partial charge is 0.229 e. The zero-order valence-corrected chi connectivity index (χ0v) is 15.2. The molecule has 0 radical (unpaired) electrons. The van der Waals surface area contributed by atoms with Crippen molar-refractivity contribution in [3.05, 3.63) is 42.9 Å². The lowest BCUT2D eigenvalue weighted by atomic mass is 10.1. The van der Waals surface area contributed by atoms with E-state index >= 15 is 0 Å². The van der Waals surface area contributed by atoms with Crippen LogP contribution < -0.4 is 10.0 Å². The van der Waals surface area contributed by atoms with E-state index < -0.39 is 10.0 Å². The van der Waals surface area contributed by atoms with Gasteiger partial charge in [0.05, 0.1) is 18.1 Å². The van der Waals surface area contributed by atoms with Gasteiger partial charge >= 0.3 is 0 Å². The maximum Gasteiger partial charge on any atom is 0.229 e. The molecule has 0 spiro atoms. The van der Waals surface area contributed by atoms with Gasteiger partial charge in [0.25, 0.3) is 0 Å². The molecule has 3 rings (SSSR count). The molecule has 0 unspecified atom stereocenters. The lowest BCUT2D eigenvalue weighted by molar-refractivity contribution is 0.607. The fourth-order valence-electron chi connectivity index (χ4n) is 2.51. The minimum Gasteiger partial charge on any atom is -0.367 e. The summed E-state index contributed by atoms with van der Waals surface area (Å²) in [6, 6.07) is 7.22. The lowest BCUT2D eigenvalue weighted by Gasteiger charge is -2.10. The summed E-state index contributed by atoms with van der Waals surface area (Å²) in [6.07, 6.45) is 6.46. The van der Waals surface area contributed by atoms with Crippen molar-refractivity contribution in [1.82, 2.24) is 14.4 Å². The molecule has 2 heterocycles. The number of anilines is 2. The van der Waals surface area contributed by atoms with E-state index in [9.17, 15) is 8.42 Å². The van der Waals surface area contributed by atoms with Gasteiger partial charge in [0, 0.05) is 30.2 Å². The summed E-state index contributed by atoms with van der Waals surface area (Å²) < 4.78 is 27.3. The first-order valence-electron chi connectivity index (χ1n) is 7.97. The Morgan fingerprint density at radius 1 is 1.24 bits per heavy atom. The zero-order valence-electron chi connectivity index (χ0n) is 14.4. The van der Waals surface area contributed by atoms with Crippen LogP contribution >= 0.6 is 0 Å². The number of nitrogens with one attached hydrogen (secondary N) is 2. The van der Waals surface area contributed by atoms with Gasteiger partial charge < -0.3 is 5.32 Å². The van der Waals surface area contributed by atoms with Crippen LogP contribution in [0.5, 0.6) is 0 Å². The first-order chi connectivity index (χ1) is 11.8. The van der Waals surface area contributed by atoms with Crippen LogP contribution in [0.3, 0.4) is 0 Å². The Morgan fingerprint density at radius 2 is 2.04 bits per heavy atom.